The van der Waals surface area contributed by atoms with Gasteiger partial charge in [0, 0.05) is 18.3 Å². The average molecular weight is 311 g/mol. The maximum absolute atomic E-state index is 12.2. The third-order valence-electron chi connectivity index (χ3n) is 3.70. The summed E-state index contributed by atoms with van der Waals surface area (Å²) in [4.78, 5) is 24.0. The van der Waals surface area contributed by atoms with Crippen molar-refractivity contribution in [1.29, 1.82) is 0 Å². The van der Waals surface area contributed by atoms with Gasteiger partial charge in [0.05, 0.1) is 6.04 Å². The minimum Gasteiger partial charge on any atom is -0.355 e. The predicted octanol–water partition coefficient (Wildman–Crippen LogP) is 3.24. The fourth-order valence-electron chi connectivity index (χ4n) is 2.33. The highest BCUT2D eigenvalue weighted by molar-refractivity contribution is 5.98. The Morgan fingerprint density at radius 2 is 1.70 bits per heavy atom. The summed E-state index contributed by atoms with van der Waals surface area (Å²) in [6.07, 6.45) is 0. The monoisotopic (exact) mass is 311 g/mol. The maximum Gasteiger partial charge on any atom is 0.319 e. The van der Waals surface area contributed by atoms with Crippen molar-refractivity contribution < 1.29 is 9.59 Å². The molecule has 0 aliphatic heterocycles. The summed E-state index contributed by atoms with van der Waals surface area (Å²) in [5.41, 5.74) is 2.91. The Morgan fingerprint density at radius 3 is 2.35 bits per heavy atom. The molecule has 2 aromatic carbocycles. The maximum atomic E-state index is 12.2. The first-order chi connectivity index (χ1) is 11.0. The molecule has 0 fully saturated rings. The van der Waals surface area contributed by atoms with Gasteiger partial charge in [-0.1, -0.05) is 36.4 Å². The number of rotatable bonds is 4. The highest BCUT2D eigenvalue weighted by Crippen LogP contribution is 2.19. The minimum atomic E-state index is -0.307. The summed E-state index contributed by atoms with van der Waals surface area (Å²) >= 11 is 0. The molecule has 1 atom stereocenters. The number of carbonyl (C=O) groups is 2. The van der Waals surface area contributed by atoms with E-state index in [1.807, 2.05) is 37.3 Å². The summed E-state index contributed by atoms with van der Waals surface area (Å²) in [6, 6.07) is 14.5. The summed E-state index contributed by atoms with van der Waals surface area (Å²) in [5, 5.41) is 8.27. The number of hydrogen-bond acceptors (Lipinski definition) is 2. The van der Waals surface area contributed by atoms with Crippen LogP contribution in [-0.4, -0.2) is 19.0 Å². The van der Waals surface area contributed by atoms with Crippen LogP contribution in [0.15, 0.2) is 48.5 Å². The lowest BCUT2D eigenvalue weighted by atomic mass is 10.1. The smallest absolute Gasteiger partial charge is 0.319 e. The molecule has 120 valence electrons. The Kier molecular flexibility index (Phi) is 5.36. The van der Waals surface area contributed by atoms with Crippen LogP contribution in [0.4, 0.5) is 10.5 Å². The van der Waals surface area contributed by atoms with Gasteiger partial charge >= 0.3 is 6.03 Å². The molecule has 0 heterocycles. The third-order valence-corrected chi connectivity index (χ3v) is 3.70. The topological polar surface area (TPSA) is 70.2 Å². The van der Waals surface area contributed by atoms with E-state index < -0.39 is 0 Å². The Balaban J connectivity index is 2.07. The van der Waals surface area contributed by atoms with Gasteiger partial charge in [-0.25, -0.2) is 4.79 Å². The highest BCUT2D eigenvalue weighted by atomic mass is 16.2. The molecule has 0 radical (unpaired) electrons. The predicted molar refractivity (Wildman–Crippen MR) is 91.6 cm³/mol. The van der Waals surface area contributed by atoms with E-state index in [0.717, 1.165) is 11.1 Å². The van der Waals surface area contributed by atoms with Gasteiger partial charge < -0.3 is 16.0 Å². The molecule has 0 spiro atoms. The van der Waals surface area contributed by atoms with E-state index in [0.29, 0.717) is 11.3 Å². The number of hydrogen-bond donors (Lipinski definition) is 3. The van der Waals surface area contributed by atoms with E-state index in [4.69, 9.17) is 0 Å². The number of urea groups is 1. The van der Waals surface area contributed by atoms with Crippen molar-refractivity contribution in [2.45, 2.75) is 19.9 Å². The van der Waals surface area contributed by atoms with Crippen LogP contribution in [0.2, 0.25) is 0 Å². The van der Waals surface area contributed by atoms with E-state index in [9.17, 15) is 9.59 Å². The number of amides is 3. The van der Waals surface area contributed by atoms with Crippen LogP contribution in [0.5, 0.6) is 0 Å². The first kappa shape index (κ1) is 16.5. The number of anilines is 1. The third kappa shape index (κ3) is 4.10. The zero-order chi connectivity index (χ0) is 16.8. The van der Waals surface area contributed by atoms with Crippen LogP contribution >= 0.6 is 0 Å². The fourth-order valence-corrected chi connectivity index (χ4v) is 2.33. The summed E-state index contributed by atoms with van der Waals surface area (Å²) in [7, 11) is 1.58. The van der Waals surface area contributed by atoms with Crippen molar-refractivity contribution in [2.24, 2.45) is 0 Å². The fraction of sp³-hybridized carbons (Fsp3) is 0.222. The van der Waals surface area contributed by atoms with Gasteiger partial charge in [0.1, 0.15) is 0 Å². The zero-order valence-corrected chi connectivity index (χ0v) is 13.5. The van der Waals surface area contributed by atoms with Crippen LogP contribution in [0.1, 0.15) is 34.5 Å². The lowest BCUT2D eigenvalue weighted by Crippen LogP contribution is -2.31. The second kappa shape index (κ2) is 7.45. The molecule has 0 aliphatic rings. The first-order valence-electron chi connectivity index (χ1n) is 7.47. The molecule has 5 heteroatoms. The lowest BCUT2D eigenvalue weighted by Gasteiger charge is -2.16. The molecule has 0 bridgehead atoms. The van der Waals surface area contributed by atoms with Crippen LogP contribution in [0.25, 0.3) is 0 Å². The highest BCUT2D eigenvalue weighted by Gasteiger charge is 2.13. The Hall–Kier alpha value is -2.82. The van der Waals surface area contributed by atoms with Gasteiger partial charge in [0.15, 0.2) is 0 Å². The Morgan fingerprint density at radius 1 is 1.00 bits per heavy atom. The summed E-state index contributed by atoms with van der Waals surface area (Å²) in [5.74, 6) is -0.177. The lowest BCUT2D eigenvalue weighted by molar-refractivity contribution is 0.0962. The van der Waals surface area contributed by atoms with Crippen molar-refractivity contribution in [3.05, 3.63) is 65.2 Å². The van der Waals surface area contributed by atoms with E-state index in [1.165, 1.54) is 0 Å². The van der Waals surface area contributed by atoms with Crippen LogP contribution in [-0.2, 0) is 0 Å². The standard InChI is InChI=1S/C18H21N3O2/c1-12-15(17(22)19-3)10-7-11-16(12)21-18(23)20-13(2)14-8-5-4-6-9-14/h4-11,13H,1-3H3,(H,19,22)(H2,20,21,23)/t13-/m1/s1. The number of carbonyl (C=O) groups excluding carboxylic acids is 2. The average Bonchev–Trinajstić information content (AvgIpc) is 2.56. The molecular weight excluding hydrogens is 290 g/mol. The van der Waals surface area contributed by atoms with E-state index in [2.05, 4.69) is 16.0 Å². The van der Waals surface area contributed by atoms with Gasteiger partial charge in [-0.2, -0.15) is 0 Å². The number of benzene rings is 2. The van der Waals surface area contributed by atoms with Gasteiger partial charge in [-0.05, 0) is 37.1 Å². The molecule has 2 aromatic rings. The van der Waals surface area contributed by atoms with Gasteiger partial charge in [-0.3, -0.25) is 4.79 Å². The van der Waals surface area contributed by atoms with Crippen molar-refractivity contribution in [3.8, 4) is 0 Å². The van der Waals surface area contributed by atoms with Crippen molar-refractivity contribution in [2.75, 3.05) is 12.4 Å². The second-order valence-corrected chi connectivity index (χ2v) is 5.29. The van der Waals surface area contributed by atoms with E-state index in [-0.39, 0.29) is 18.0 Å². The van der Waals surface area contributed by atoms with Crippen molar-refractivity contribution in [3.63, 3.8) is 0 Å². The number of nitrogens with one attached hydrogen (secondary N) is 3. The zero-order valence-electron chi connectivity index (χ0n) is 13.5. The Bertz CT molecular complexity index is 699. The second-order valence-electron chi connectivity index (χ2n) is 5.29. The van der Waals surface area contributed by atoms with Crippen LogP contribution in [0.3, 0.4) is 0 Å². The quantitative estimate of drug-likeness (QED) is 0.811. The van der Waals surface area contributed by atoms with Crippen LogP contribution < -0.4 is 16.0 Å². The van der Waals surface area contributed by atoms with Crippen molar-refractivity contribution >= 4 is 17.6 Å². The molecule has 0 aromatic heterocycles. The Labute approximate surface area is 136 Å². The van der Waals surface area contributed by atoms with Gasteiger partial charge in [0.25, 0.3) is 5.91 Å². The molecule has 2 rings (SSSR count). The molecule has 0 aliphatic carbocycles. The van der Waals surface area contributed by atoms with E-state index >= 15 is 0 Å². The van der Waals surface area contributed by atoms with Crippen LogP contribution in [0, 0.1) is 6.92 Å². The first-order valence-corrected chi connectivity index (χ1v) is 7.47. The van der Waals surface area contributed by atoms with E-state index in [1.54, 1.807) is 32.2 Å². The SMILES string of the molecule is CNC(=O)c1cccc(NC(=O)N[C@H](C)c2ccccc2)c1C. The molecule has 5 nitrogen and oxygen atoms in total. The molecule has 0 saturated heterocycles. The minimum absolute atomic E-state index is 0.112. The normalized spacial score (nSPS) is 11.4. The molecular formula is C18H21N3O2. The van der Waals surface area contributed by atoms with Gasteiger partial charge in [0.2, 0.25) is 0 Å². The molecule has 0 saturated carbocycles. The molecule has 3 N–H and O–H groups in total. The summed E-state index contributed by atoms with van der Waals surface area (Å²) in [6.45, 7) is 3.73. The van der Waals surface area contributed by atoms with Gasteiger partial charge in [-0.15, -0.1) is 0 Å². The molecule has 23 heavy (non-hydrogen) atoms. The van der Waals surface area contributed by atoms with Crippen molar-refractivity contribution in [1.82, 2.24) is 10.6 Å². The molecule has 3 amide bonds. The molecule has 0 unspecified atom stereocenters. The largest absolute Gasteiger partial charge is 0.355 e. The summed E-state index contributed by atoms with van der Waals surface area (Å²) < 4.78 is 0.